The second-order valence-electron chi connectivity index (χ2n) is 4.85. The fourth-order valence-corrected chi connectivity index (χ4v) is 3.08. The van der Waals surface area contributed by atoms with E-state index >= 15 is 0 Å². The first-order chi connectivity index (χ1) is 12.2. The molecule has 2 rings (SSSR count). The number of carbonyl (C=O) groups excluding carboxylic acids is 1. The molecule has 2 aromatic carbocycles. The van der Waals surface area contributed by atoms with Crippen molar-refractivity contribution in [2.24, 2.45) is 0 Å². The van der Waals surface area contributed by atoms with Gasteiger partial charge in [0, 0.05) is 0 Å². The van der Waals surface area contributed by atoms with E-state index in [-0.39, 0.29) is 0 Å². The number of esters is 1. The number of rotatable bonds is 7. The van der Waals surface area contributed by atoms with Crippen LogP contribution in [0.3, 0.4) is 0 Å². The lowest BCUT2D eigenvalue weighted by Gasteiger charge is -2.25. The van der Waals surface area contributed by atoms with Gasteiger partial charge < -0.3 is 13.8 Å². The molecule has 0 aliphatic rings. The van der Waals surface area contributed by atoms with E-state index in [9.17, 15) is 26.9 Å². The Morgan fingerprint density at radius 1 is 0.923 bits per heavy atom. The summed E-state index contributed by atoms with van der Waals surface area (Å²) >= 11 is 0. The molecule has 0 N–H and O–H groups in total. The molecule has 2 aromatic rings. The van der Waals surface area contributed by atoms with Crippen LogP contribution in [0.25, 0.3) is 0 Å². The number of carbonyl (C=O) groups is 1. The SMILES string of the molecule is CCOC(=O)C(F)(F)P(=O)(Oc1ccc(F)cc1)Oc1ccc(F)cc1. The van der Waals surface area contributed by atoms with Crippen LogP contribution in [0.15, 0.2) is 48.5 Å². The third kappa shape index (κ3) is 4.35. The molecule has 0 unspecified atom stereocenters. The first-order valence-corrected chi connectivity index (χ1v) is 8.77. The summed E-state index contributed by atoms with van der Waals surface area (Å²) in [5, 5.41) is 0. The number of benzene rings is 2. The Hall–Kier alpha value is -2.54. The van der Waals surface area contributed by atoms with E-state index in [4.69, 9.17) is 9.05 Å². The lowest BCUT2D eigenvalue weighted by molar-refractivity contribution is -0.161. The molecule has 0 fully saturated rings. The zero-order chi connectivity index (χ0) is 19.4. The summed E-state index contributed by atoms with van der Waals surface area (Å²) in [6.07, 6.45) is 0. The molecule has 0 aromatic heterocycles. The number of alkyl halides is 2. The summed E-state index contributed by atoms with van der Waals surface area (Å²) in [5.74, 6) is -4.36. The summed E-state index contributed by atoms with van der Waals surface area (Å²) in [6.45, 7) is 0.877. The molecule has 0 spiro atoms. The topological polar surface area (TPSA) is 61.8 Å². The van der Waals surface area contributed by atoms with Crippen molar-refractivity contribution in [1.29, 1.82) is 0 Å². The van der Waals surface area contributed by atoms with Crippen LogP contribution in [-0.2, 0) is 14.1 Å². The van der Waals surface area contributed by atoms with E-state index in [1.54, 1.807) is 0 Å². The molecule has 0 aliphatic heterocycles. The van der Waals surface area contributed by atoms with Gasteiger partial charge in [-0.15, -0.1) is 0 Å². The smallest absolute Gasteiger partial charge is 0.461 e. The molecule has 0 bridgehead atoms. The quantitative estimate of drug-likeness (QED) is 0.386. The standard InChI is InChI=1S/C16H13F4O5P/c1-2-23-15(21)16(19,20)26(22,24-13-7-3-11(17)4-8-13)25-14-9-5-12(18)6-10-14/h3-10H,2H2,1H3. The second kappa shape index (κ2) is 7.78. The van der Waals surface area contributed by atoms with Gasteiger partial charge in [0.05, 0.1) is 6.61 Å². The van der Waals surface area contributed by atoms with Crippen LogP contribution in [0, 0.1) is 11.6 Å². The minimum atomic E-state index is -5.53. The van der Waals surface area contributed by atoms with Crippen molar-refractivity contribution in [2.45, 2.75) is 12.6 Å². The highest BCUT2D eigenvalue weighted by molar-refractivity contribution is 7.57. The monoisotopic (exact) mass is 392 g/mol. The van der Waals surface area contributed by atoms with E-state index in [1.165, 1.54) is 6.92 Å². The Morgan fingerprint density at radius 2 is 1.31 bits per heavy atom. The van der Waals surface area contributed by atoms with Gasteiger partial charge in [-0.1, -0.05) is 0 Å². The van der Waals surface area contributed by atoms with Crippen molar-refractivity contribution in [3.05, 3.63) is 60.2 Å². The average Bonchev–Trinajstić information content (AvgIpc) is 2.59. The zero-order valence-corrected chi connectivity index (χ0v) is 14.2. The van der Waals surface area contributed by atoms with Crippen LogP contribution in [0.1, 0.15) is 6.92 Å². The Labute approximate surface area is 146 Å². The summed E-state index contributed by atoms with van der Waals surface area (Å²) in [4.78, 5) is 11.6. The summed E-state index contributed by atoms with van der Waals surface area (Å²) < 4.78 is 81.3. The van der Waals surface area contributed by atoms with Crippen LogP contribution in [0.2, 0.25) is 0 Å². The van der Waals surface area contributed by atoms with Gasteiger partial charge in [-0.25, -0.2) is 18.1 Å². The van der Waals surface area contributed by atoms with Crippen LogP contribution in [0.4, 0.5) is 17.6 Å². The molecule has 0 aliphatic carbocycles. The van der Waals surface area contributed by atoms with Crippen molar-refractivity contribution in [3.8, 4) is 11.5 Å². The molecule has 0 amide bonds. The molecular weight excluding hydrogens is 379 g/mol. The van der Waals surface area contributed by atoms with Crippen LogP contribution in [0.5, 0.6) is 11.5 Å². The van der Waals surface area contributed by atoms with E-state index in [1.807, 2.05) is 0 Å². The lowest BCUT2D eigenvalue weighted by atomic mass is 10.3. The Bertz CT molecular complexity index is 757. The Balaban J connectivity index is 2.41. The van der Waals surface area contributed by atoms with Gasteiger partial charge in [0.15, 0.2) is 0 Å². The first-order valence-electron chi connectivity index (χ1n) is 7.23. The average molecular weight is 392 g/mol. The van der Waals surface area contributed by atoms with E-state index < -0.39 is 49.0 Å². The fraction of sp³-hybridized carbons (Fsp3) is 0.188. The largest absolute Gasteiger partial charge is 0.512 e. The fourth-order valence-electron chi connectivity index (χ4n) is 1.73. The van der Waals surface area contributed by atoms with Gasteiger partial charge in [0.25, 0.3) is 0 Å². The summed E-state index contributed by atoms with van der Waals surface area (Å²) in [5.41, 5.74) is -4.67. The third-order valence-corrected chi connectivity index (χ3v) is 4.72. The van der Waals surface area contributed by atoms with Crippen LogP contribution in [-0.4, -0.2) is 18.2 Å². The molecular formula is C16H13F4O5P. The lowest BCUT2D eigenvalue weighted by Crippen LogP contribution is -2.34. The molecule has 26 heavy (non-hydrogen) atoms. The minimum absolute atomic E-state index is 0.401. The van der Waals surface area contributed by atoms with Gasteiger partial charge in [-0.3, -0.25) is 0 Å². The zero-order valence-electron chi connectivity index (χ0n) is 13.3. The van der Waals surface area contributed by atoms with E-state index in [0.717, 1.165) is 48.5 Å². The second-order valence-corrected chi connectivity index (χ2v) is 6.77. The van der Waals surface area contributed by atoms with Gasteiger partial charge in [-0.05, 0) is 55.5 Å². The molecule has 0 saturated carbocycles. The van der Waals surface area contributed by atoms with Gasteiger partial charge >= 0.3 is 19.2 Å². The number of ether oxygens (including phenoxy) is 1. The highest BCUT2D eigenvalue weighted by atomic mass is 31.2. The molecule has 140 valence electrons. The number of halogens is 4. The van der Waals surface area contributed by atoms with Gasteiger partial charge in [0.2, 0.25) is 0 Å². The number of hydrogen-bond acceptors (Lipinski definition) is 5. The maximum atomic E-state index is 14.4. The van der Waals surface area contributed by atoms with E-state index in [2.05, 4.69) is 4.74 Å². The summed E-state index contributed by atoms with van der Waals surface area (Å²) in [6, 6.07) is 7.21. The predicted molar refractivity (Wildman–Crippen MR) is 83.2 cm³/mol. The van der Waals surface area contributed by atoms with Crippen molar-refractivity contribution in [3.63, 3.8) is 0 Å². The molecule has 10 heteroatoms. The van der Waals surface area contributed by atoms with E-state index in [0.29, 0.717) is 0 Å². The molecule has 5 nitrogen and oxygen atoms in total. The van der Waals surface area contributed by atoms with Gasteiger partial charge in [-0.2, -0.15) is 8.78 Å². The highest BCUT2D eigenvalue weighted by Gasteiger charge is 2.64. The van der Waals surface area contributed by atoms with Crippen molar-refractivity contribution in [2.75, 3.05) is 6.61 Å². The normalized spacial score (nSPS) is 11.7. The molecule has 0 radical (unpaired) electrons. The number of hydrogen-bond donors (Lipinski definition) is 0. The van der Waals surface area contributed by atoms with Crippen LogP contribution >= 0.6 is 7.60 Å². The molecule has 0 atom stereocenters. The maximum Gasteiger partial charge on any atom is 0.512 e. The third-order valence-electron chi connectivity index (χ3n) is 2.94. The van der Waals surface area contributed by atoms with Crippen molar-refractivity contribution < 1.29 is 40.7 Å². The maximum absolute atomic E-state index is 14.4. The Kier molecular flexibility index (Phi) is 5.92. The molecule has 0 saturated heterocycles. The first kappa shape index (κ1) is 19.8. The molecule has 0 heterocycles. The van der Waals surface area contributed by atoms with Gasteiger partial charge in [0.1, 0.15) is 23.1 Å². The highest BCUT2D eigenvalue weighted by Crippen LogP contribution is 2.61. The van der Waals surface area contributed by atoms with Crippen molar-refractivity contribution >= 4 is 13.6 Å². The Morgan fingerprint density at radius 3 is 1.65 bits per heavy atom. The minimum Gasteiger partial charge on any atom is -0.461 e. The summed E-state index contributed by atoms with van der Waals surface area (Å²) in [7, 11) is -5.53. The van der Waals surface area contributed by atoms with Crippen LogP contribution < -0.4 is 9.05 Å². The predicted octanol–water partition coefficient (Wildman–Crippen LogP) is 4.77. The van der Waals surface area contributed by atoms with Crippen molar-refractivity contribution in [1.82, 2.24) is 0 Å².